The average Bonchev–Trinajstić information content (AvgIpc) is 3.05. The fourth-order valence-corrected chi connectivity index (χ4v) is 3.26. The molecule has 1 aliphatic heterocycles. The van der Waals surface area contributed by atoms with E-state index >= 15 is 0 Å². The van der Waals surface area contributed by atoms with Crippen LogP contribution in [0.4, 0.5) is 19.0 Å². The second kappa shape index (κ2) is 6.75. The van der Waals surface area contributed by atoms with Gasteiger partial charge < -0.3 is 4.90 Å². The van der Waals surface area contributed by atoms with E-state index < -0.39 is 11.7 Å². The van der Waals surface area contributed by atoms with Gasteiger partial charge in [0.1, 0.15) is 6.07 Å². The molecule has 0 unspecified atom stereocenters. The summed E-state index contributed by atoms with van der Waals surface area (Å²) in [6.45, 7) is 2.78. The Morgan fingerprint density at radius 2 is 2.00 bits per heavy atom. The highest BCUT2D eigenvalue weighted by atomic mass is 19.4. The molecule has 0 saturated carbocycles. The Bertz CT molecular complexity index is 790. The Morgan fingerprint density at radius 3 is 2.68 bits per heavy atom. The molecule has 1 aliphatic rings. The molecule has 1 aromatic carbocycles. The molecule has 0 bridgehead atoms. The van der Waals surface area contributed by atoms with Crippen LogP contribution in [0, 0.1) is 11.3 Å². The van der Waals surface area contributed by atoms with E-state index in [-0.39, 0.29) is 17.4 Å². The molecule has 0 radical (unpaired) electrons. The third-order valence-corrected chi connectivity index (χ3v) is 4.50. The number of halogens is 3. The van der Waals surface area contributed by atoms with Gasteiger partial charge in [0.15, 0.2) is 5.82 Å². The molecule has 8 heteroatoms. The molecule has 1 aromatic heterocycles. The highest BCUT2D eigenvalue weighted by Gasteiger charge is 2.35. The van der Waals surface area contributed by atoms with Gasteiger partial charge in [0, 0.05) is 12.6 Å². The van der Waals surface area contributed by atoms with Crippen molar-refractivity contribution in [2.45, 2.75) is 44.8 Å². The van der Waals surface area contributed by atoms with Crippen LogP contribution in [0.15, 0.2) is 24.3 Å². The van der Waals surface area contributed by atoms with Crippen LogP contribution in [-0.2, 0) is 6.18 Å². The molecule has 0 spiro atoms. The van der Waals surface area contributed by atoms with Crippen molar-refractivity contribution in [3.8, 4) is 11.8 Å². The number of nitrogens with zero attached hydrogens (tertiary/aromatic N) is 5. The van der Waals surface area contributed by atoms with Crippen LogP contribution in [0.2, 0.25) is 0 Å². The standard InChI is InChI=1S/C17H18F3N5/c1-2-12-7-5-6-10-24(12)16-14(11-21)22-25(23-16)15-9-4-3-8-13(15)17(18,19)20/h3-4,8-9,12H,2,5-7,10H2,1H3/t12-/m0/s1. The predicted octanol–water partition coefficient (Wildman–Crippen LogP) is 3.93. The number of nitriles is 1. The van der Waals surface area contributed by atoms with Gasteiger partial charge in [-0.1, -0.05) is 19.1 Å². The van der Waals surface area contributed by atoms with Gasteiger partial charge in [0.05, 0.1) is 11.3 Å². The van der Waals surface area contributed by atoms with E-state index in [2.05, 4.69) is 17.1 Å². The minimum absolute atomic E-state index is 0.0531. The van der Waals surface area contributed by atoms with Crippen LogP contribution >= 0.6 is 0 Å². The molecule has 3 rings (SSSR count). The number of hydrogen-bond acceptors (Lipinski definition) is 4. The molecule has 132 valence electrons. The molecule has 5 nitrogen and oxygen atoms in total. The zero-order valence-corrected chi connectivity index (χ0v) is 13.8. The zero-order chi connectivity index (χ0) is 18.0. The molecular weight excluding hydrogens is 331 g/mol. The van der Waals surface area contributed by atoms with Gasteiger partial charge in [-0.15, -0.1) is 15.0 Å². The summed E-state index contributed by atoms with van der Waals surface area (Å²) in [6, 6.07) is 7.30. The van der Waals surface area contributed by atoms with Crippen molar-refractivity contribution in [3.63, 3.8) is 0 Å². The molecular formula is C17H18F3N5. The van der Waals surface area contributed by atoms with Gasteiger partial charge in [0.2, 0.25) is 5.69 Å². The van der Waals surface area contributed by atoms with E-state index in [0.717, 1.165) is 43.1 Å². The highest BCUT2D eigenvalue weighted by Crippen LogP contribution is 2.34. The summed E-state index contributed by atoms with van der Waals surface area (Å²) in [7, 11) is 0. The van der Waals surface area contributed by atoms with Gasteiger partial charge in [-0.2, -0.15) is 18.4 Å². The largest absolute Gasteiger partial charge is 0.418 e. The molecule has 2 aromatic rings. The predicted molar refractivity (Wildman–Crippen MR) is 86.4 cm³/mol. The lowest BCUT2D eigenvalue weighted by Crippen LogP contribution is -2.39. The number of rotatable bonds is 3. The van der Waals surface area contributed by atoms with Crippen LogP contribution in [-0.4, -0.2) is 27.6 Å². The molecule has 0 amide bonds. The monoisotopic (exact) mass is 349 g/mol. The molecule has 1 atom stereocenters. The summed E-state index contributed by atoms with van der Waals surface area (Å²) in [5, 5.41) is 17.7. The molecule has 0 N–H and O–H groups in total. The fraction of sp³-hybridized carbons (Fsp3) is 0.471. The number of benzene rings is 1. The maximum atomic E-state index is 13.3. The number of piperidine rings is 1. The summed E-state index contributed by atoms with van der Waals surface area (Å²) in [6.07, 6.45) is -0.589. The number of alkyl halides is 3. The topological polar surface area (TPSA) is 57.7 Å². The first kappa shape index (κ1) is 17.3. The van der Waals surface area contributed by atoms with Crippen molar-refractivity contribution < 1.29 is 13.2 Å². The second-order valence-electron chi connectivity index (χ2n) is 6.04. The Hall–Kier alpha value is -2.56. The summed E-state index contributed by atoms with van der Waals surface area (Å²) in [4.78, 5) is 2.93. The molecule has 2 heterocycles. The maximum Gasteiger partial charge on any atom is 0.418 e. The summed E-state index contributed by atoms with van der Waals surface area (Å²) in [5.41, 5.74) is -0.952. The van der Waals surface area contributed by atoms with E-state index in [1.165, 1.54) is 18.2 Å². The summed E-state index contributed by atoms with van der Waals surface area (Å²) in [5.74, 6) is 0.367. The van der Waals surface area contributed by atoms with Crippen molar-refractivity contribution in [3.05, 3.63) is 35.5 Å². The van der Waals surface area contributed by atoms with E-state index in [4.69, 9.17) is 0 Å². The SMILES string of the molecule is CC[C@H]1CCCCN1c1nn(-c2ccccc2C(F)(F)F)nc1C#N. The first-order valence-electron chi connectivity index (χ1n) is 8.26. The average molecular weight is 349 g/mol. The lowest BCUT2D eigenvalue weighted by atomic mass is 10.00. The third-order valence-electron chi connectivity index (χ3n) is 4.50. The van der Waals surface area contributed by atoms with Crippen LogP contribution in [0.1, 0.15) is 43.9 Å². The number of anilines is 1. The van der Waals surface area contributed by atoms with Crippen LogP contribution in [0.25, 0.3) is 5.69 Å². The number of hydrogen-bond donors (Lipinski definition) is 0. The Morgan fingerprint density at radius 1 is 1.24 bits per heavy atom. The van der Waals surface area contributed by atoms with Crippen molar-refractivity contribution in [1.82, 2.24) is 15.0 Å². The Balaban J connectivity index is 2.07. The third kappa shape index (κ3) is 3.31. The van der Waals surface area contributed by atoms with Gasteiger partial charge in [-0.05, 0) is 37.8 Å². The first-order valence-corrected chi connectivity index (χ1v) is 8.26. The first-order chi connectivity index (χ1) is 12.0. The lowest BCUT2D eigenvalue weighted by Gasteiger charge is -2.35. The van der Waals surface area contributed by atoms with Crippen LogP contribution in [0.3, 0.4) is 0 Å². The van der Waals surface area contributed by atoms with Gasteiger partial charge in [-0.3, -0.25) is 0 Å². The summed E-state index contributed by atoms with van der Waals surface area (Å²) < 4.78 is 39.8. The molecule has 25 heavy (non-hydrogen) atoms. The zero-order valence-electron chi connectivity index (χ0n) is 13.8. The van der Waals surface area contributed by atoms with E-state index in [9.17, 15) is 18.4 Å². The quantitative estimate of drug-likeness (QED) is 0.842. The van der Waals surface area contributed by atoms with E-state index in [1.807, 2.05) is 11.0 Å². The van der Waals surface area contributed by atoms with E-state index in [1.54, 1.807) is 0 Å². The van der Waals surface area contributed by atoms with Crippen LogP contribution < -0.4 is 4.90 Å². The van der Waals surface area contributed by atoms with Gasteiger partial charge >= 0.3 is 6.18 Å². The minimum atomic E-state index is -4.52. The maximum absolute atomic E-state index is 13.3. The number of para-hydroxylation sites is 1. The van der Waals surface area contributed by atoms with Crippen molar-refractivity contribution in [2.75, 3.05) is 11.4 Å². The van der Waals surface area contributed by atoms with Crippen molar-refractivity contribution >= 4 is 5.82 Å². The minimum Gasteiger partial charge on any atom is -0.350 e. The normalized spacial score (nSPS) is 18.2. The molecule has 1 fully saturated rings. The van der Waals surface area contributed by atoms with Gasteiger partial charge in [0.25, 0.3) is 0 Å². The Labute approximate surface area is 143 Å². The molecule has 1 saturated heterocycles. The van der Waals surface area contributed by atoms with Gasteiger partial charge in [-0.25, -0.2) is 0 Å². The second-order valence-corrected chi connectivity index (χ2v) is 6.04. The van der Waals surface area contributed by atoms with Crippen molar-refractivity contribution in [1.29, 1.82) is 5.26 Å². The fourth-order valence-electron chi connectivity index (χ4n) is 3.26. The lowest BCUT2D eigenvalue weighted by molar-refractivity contribution is -0.137. The van der Waals surface area contributed by atoms with Crippen LogP contribution in [0.5, 0.6) is 0 Å². The van der Waals surface area contributed by atoms with E-state index in [0.29, 0.717) is 5.82 Å². The van der Waals surface area contributed by atoms with Crippen molar-refractivity contribution in [2.24, 2.45) is 0 Å². The number of aromatic nitrogens is 3. The summed E-state index contributed by atoms with van der Waals surface area (Å²) >= 11 is 0. The Kier molecular flexibility index (Phi) is 4.66. The highest BCUT2D eigenvalue weighted by molar-refractivity contribution is 5.52. The smallest absolute Gasteiger partial charge is 0.350 e. The molecule has 0 aliphatic carbocycles.